The molecule has 3 heterocycles. The number of β-amino-alcohol motifs (C(OH)–C–C–N with tert-alkyl or cyclic N) is 1. The average molecular weight is 1710 g/mol. The summed E-state index contributed by atoms with van der Waals surface area (Å²) >= 11 is 30.0. The van der Waals surface area contributed by atoms with Crippen molar-refractivity contribution in [1.82, 2.24) is 34.3 Å². The third kappa shape index (κ3) is 28.5. The summed E-state index contributed by atoms with van der Waals surface area (Å²) in [4.78, 5) is 91.9. The molecule has 0 saturated carbocycles. The molecule has 0 bridgehead atoms. The van der Waals surface area contributed by atoms with Gasteiger partial charge in [0.05, 0.1) is 77.8 Å². The number of likely N-dealkylation sites (tertiary alicyclic amines) is 2. The van der Waals surface area contributed by atoms with Crippen LogP contribution in [0.15, 0.2) is 200 Å². The lowest BCUT2D eigenvalue weighted by molar-refractivity contribution is -0.139. The van der Waals surface area contributed by atoms with E-state index < -0.39 is 34.8 Å². The molecular formula is C91H91Cl5F3N13O7. The highest BCUT2D eigenvalue weighted by Gasteiger charge is 2.35. The lowest BCUT2D eigenvalue weighted by atomic mass is 10.0. The van der Waals surface area contributed by atoms with Gasteiger partial charge in [-0.3, -0.25) is 38.6 Å². The lowest BCUT2D eigenvalue weighted by Crippen LogP contribution is -2.49. The second-order valence-corrected chi connectivity index (χ2v) is 31.6. The Morgan fingerprint density at radius 1 is 0.479 bits per heavy atom. The van der Waals surface area contributed by atoms with Crippen molar-refractivity contribution < 1.29 is 47.0 Å². The summed E-state index contributed by atoms with van der Waals surface area (Å²) in [5.41, 5.74) is 10.5. The highest BCUT2D eigenvalue weighted by Crippen LogP contribution is 2.37. The number of benzene rings is 9. The second-order valence-electron chi connectivity index (χ2n) is 29.5. The number of anilines is 3. The van der Waals surface area contributed by atoms with Crippen LogP contribution in [-0.4, -0.2) is 199 Å². The standard InChI is InChI=1S/C31H33Cl2N5O2.C30H30Cl2N4O3.C30H28ClF3N4O2/c1-36-13-15-37(16-14-36)11-10-31(40)38(22-30(39)35-29-19-27(32)18-28(33)20-29)12-9-23-5-7-25(8-6-23)26-4-2-3-24(17-26)21-34;1-20(30(39)34-27-15-25(31)14-26(32)16-27)36(29(38)19-35-11-10-28(37)18-35)12-9-21-5-7-23(8-6-21)24-4-2-3-22(13-24)17-33;31-27-11-10-25(17-26(27)30(32,33)34)36-28(39)19-38(29(40)20-37-13-1-2-14-37)15-12-21-6-8-23(9-7-21)24-5-3-4-22(16-24)18-35/h2-8,17-20H,9-16,22H2,1H3,(H,35,39);2-8,13-16,20,28,37H,9-12,18-19H2,1H3,(H,34,39);3-11,16-17H,1-2,12-15,19-20H2,(H,36,39)/t;20?,28-;/m.0./s1. The average Bonchev–Trinajstić information content (AvgIpc) is 1.29. The Labute approximate surface area is 716 Å². The van der Waals surface area contributed by atoms with E-state index in [0.717, 1.165) is 114 Å². The maximum atomic E-state index is 13.4. The highest BCUT2D eigenvalue weighted by molar-refractivity contribution is 6.36. The van der Waals surface area contributed by atoms with Crippen LogP contribution >= 0.6 is 58.0 Å². The number of rotatable bonds is 28. The van der Waals surface area contributed by atoms with E-state index in [1.165, 1.54) is 11.0 Å². The van der Waals surface area contributed by atoms with Gasteiger partial charge in [0.15, 0.2) is 0 Å². The number of amides is 6. The van der Waals surface area contributed by atoms with E-state index in [1.54, 1.807) is 71.3 Å². The van der Waals surface area contributed by atoms with Crippen molar-refractivity contribution >= 4 is 111 Å². The fourth-order valence-corrected chi connectivity index (χ4v) is 15.2. The Morgan fingerprint density at radius 2 is 0.908 bits per heavy atom. The summed E-state index contributed by atoms with van der Waals surface area (Å²) in [7, 11) is 2.10. The molecule has 4 N–H and O–H groups in total. The molecule has 0 spiro atoms. The number of aliphatic hydroxyl groups is 1. The number of nitrogens with zero attached hydrogens (tertiary/aromatic N) is 10. The normalized spacial score (nSPS) is 14.5. The molecule has 119 heavy (non-hydrogen) atoms. The second kappa shape index (κ2) is 44.4. The van der Waals surface area contributed by atoms with Gasteiger partial charge in [-0.15, -0.1) is 0 Å². The van der Waals surface area contributed by atoms with Gasteiger partial charge in [-0.05, 0) is 207 Å². The van der Waals surface area contributed by atoms with Gasteiger partial charge in [0.2, 0.25) is 35.4 Å². The van der Waals surface area contributed by atoms with E-state index in [0.29, 0.717) is 113 Å². The monoisotopic (exact) mass is 1710 g/mol. The molecule has 0 aliphatic carbocycles. The molecule has 2 atom stereocenters. The molecular weight excluding hydrogens is 1620 g/mol. The van der Waals surface area contributed by atoms with Crippen LogP contribution in [0.5, 0.6) is 0 Å². The fraction of sp³-hybridized carbons (Fsp3) is 0.308. The molecule has 9 aromatic rings. The Bertz CT molecular complexity index is 5110. The first-order chi connectivity index (χ1) is 57.1. The predicted octanol–water partition coefficient (Wildman–Crippen LogP) is 16.2. The third-order valence-electron chi connectivity index (χ3n) is 20.6. The zero-order valence-corrected chi connectivity index (χ0v) is 69.6. The molecule has 0 aromatic heterocycles. The van der Waals surface area contributed by atoms with Crippen molar-refractivity contribution in [2.75, 3.05) is 128 Å². The SMILES string of the molecule is CC(C(=O)Nc1cc(Cl)cc(Cl)c1)N(CCc1ccc(-c2cccc(C#N)c2)cc1)C(=O)CN1CC[C@H](O)C1.CN1CCN(CCC(=O)N(CCc2ccc(-c3cccc(C#N)c3)cc2)CC(=O)Nc2cc(Cl)cc(Cl)c2)CC1.N#Cc1cccc(-c2ccc(CCN(CC(=O)Nc3ccc(Cl)c(C(F)(F)F)c3)C(=O)CN3CCCC3)cc2)c1. The van der Waals surface area contributed by atoms with Crippen molar-refractivity contribution in [2.45, 2.75) is 70.2 Å². The Kier molecular flexibility index (Phi) is 33.8. The number of nitriles is 3. The molecule has 3 fully saturated rings. The van der Waals surface area contributed by atoms with Crippen LogP contribution in [0.4, 0.5) is 30.2 Å². The van der Waals surface area contributed by atoms with E-state index in [2.05, 4.69) is 51.0 Å². The van der Waals surface area contributed by atoms with Crippen molar-refractivity contribution in [3.63, 3.8) is 0 Å². The van der Waals surface area contributed by atoms with E-state index in [4.69, 9.17) is 63.3 Å². The van der Waals surface area contributed by atoms with Gasteiger partial charge < -0.3 is 45.6 Å². The number of nitrogens with one attached hydrogen (secondary N) is 3. The van der Waals surface area contributed by atoms with E-state index >= 15 is 0 Å². The maximum Gasteiger partial charge on any atom is 0.417 e. The van der Waals surface area contributed by atoms with Gasteiger partial charge in [0.1, 0.15) is 6.04 Å². The molecule has 3 aliphatic rings. The number of aliphatic hydroxyl groups excluding tert-OH is 1. The van der Waals surface area contributed by atoms with Gasteiger partial charge in [-0.25, -0.2) is 0 Å². The van der Waals surface area contributed by atoms with Gasteiger partial charge in [0, 0.05) is 109 Å². The Hall–Kier alpha value is -10.7. The first-order valence-electron chi connectivity index (χ1n) is 39.0. The zero-order valence-electron chi connectivity index (χ0n) is 65.9. The van der Waals surface area contributed by atoms with Crippen LogP contribution in [0, 0.1) is 34.0 Å². The number of carbonyl (C=O) groups excluding carboxylic acids is 6. The van der Waals surface area contributed by atoms with Crippen LogP contribution in [0.3, 0.4) is 0 Å². The van der Waals surface area contributed by atoms with Crippen molar-refractivity contribution in [2.24, 2.45) is 0 Å². The molecule has 6 amide bonds. The van der Waals surface area contributed by atoms with Crippen LogP contribution in [0.25, 0.3) is 33.4 Å². The largest absolute Gasteiger partial charge is 0.417 e. The predicted molar refractivity (Wildman–Crippen MR) is 462 cm³/mol. The molecule has 20 nitrogen and oxygen atoms in total. The van der Waals surface area contributed by atoms with Crippen molar-refractivity contribution in [1.29, 1.82) is 15.8 Å². The summed E-state index contributed by atoms with van der Waals surface area (Å²) in [6, 6.07) is 64.5. The fourth-order valence-electron chi connectivity index (χ4n) is 14.0. The van der Waals surface area contributed by atoms with Gasteiger partial charge in [-0.2, -0.15) is 29.0 Å². The summed E-state index contributed by atoms with van der Waals surface area (Å²) in [6.07, 6.45) is -0.461. The summed E-state index contributed by atoms with van der Waals surface area (Å²) in [5, 5.41) is 46.6. The van der Waals surface area contributed by atoms with Crippen LogP contribution in [0.2, 0.25) is 25.1 Å². The topological polar surface area (TPSA) is 253 Å². The molecule has 3 saturated heterocycles. The Morgan fingerprint density at radius 3 is 1.34 bits per heavy atom. The minimum Gasteiger partial charge on any atom is -0.392 e. The molecule has 12 rings (SSSR count). The maximum absolute atomic E-state index is 13.4. The summed E-state index contributed by atoms with van der Waals surface area (Å²) in [6.45, 7) is 9.87. The third-order valence-corrected chi connectivity index (χ3v) is 21.8. The summed E-state index contributed by atoms with van der Waals surface area (Å²) < 4.78 is 39.7. The van der Waals surface area contributed by atoms with Crippen molar-refractivity contribution in [3.05, 3.63) is 264 Å². The van der Waals surface area contributed by atoms with Gasteiger partial charge in [-0.1, -0.05) is 167 Å². The van der Waals surface area contributed by atoms with Crippen LogP contribution in [0.1, 0.15) is 71.6 Å². The van der Waals surface area contributed by atoms with E-state index in [1.807, 2.05) is 137 Å². The zero-order chi connectivity index (χ0) is 85.1. The first-order valence-corrected chi connectivity index (χ1v) is 40.9. The minimum absolute atomic E-state index is 0.0512. The highest BCUT2D eigenvalue weighted by atomic mass is 35.5. The molecule has 28 heteroatoms. The molecule has 0 radical (unpaired) electrons. The lowest BCUT2D eigenvalue weighted by Gasteiger charge is -2.32. The quantitative estimate of drug-likeness (QED) is 0.0356. The smallest absolute Gasteiger partial charge is 0.392 e. The number of alkyl halides is 3. The number of piperazine rings is 1. The first kappa shape index (κ1) is 90.6. The van der Waals surface area contributed by atoms with E-state index in [9.17, 15) is 57.6 Å². The van der Waals surface area contributed by atoms with E-state index in [-0.39, 0.29) is 67.9 Å². The molecule has 9 aromatic carbocycles. The number of likely N-dealkylation sites (N-methyl/N-ethyl adjacent to an activating group) is 1. The van der Waals surface area contributed by atoms with Crippen LogP contribution < -0.4 is 16.0 Å². The molecule has 618 valence electrons. The van der Waals surface area contributed by atoms with Gasteiger partial charge >= 0.3 is 6.18 Å². The molecule has 3 aliphatic heterocycles. The molecule has 1 unspecified atom stereocenters. The number of hydrogen-bond donors (Lipinski definition) is 4. The van der Waals surface area contributed by atoms with Crippen LogP contribution in [-0.2, 0) is 54.2 Å². The Balaban J connectivity index is 0.000000188. The number of halogens is 8. The summed E-state index contributed by atoms with van der Waals surface area (Å²) in [5.74, 6) is -1.70. The minimum atomic E-state index is -4.66. The van der Waals surface area contributed by atoms with Gasteiger partial charge in [0.25, 0.3) is 0 Å². The number of carbonyl (C=O) groups is 6. The number of hydrogen-bond acceptors (Lipinski definition) is 14. The van der Waals surface area contributed by atoms with Crippen molar-refractivity contribution in [3.8, 4) is 51.6 Å².